The van der Waals surface area contributed by atoms with Crippen molar-refractivity contribution in [2.45, 2.75) is 30.5 Å². The summed E-state index contributed by atoms with van der Waals surface area (Å²) >= 11 is 16.9. The van der Waals surface area contributed by atoms with E-state index in [1.54, 1.807) is 0 Å². The zero-order valence-corrected chi connectivity index (χ0v) is 8.92. The van der Waals surface area contributed by atoms with Crippen LogP contribution in [0.5, 0.6) is 0 Å². The van der Waals surface area contributed by atoms with Gasteiger partial charge >= 0.3 is 0 Å². The maximum absolute atomic E-state index is 8.59. The van der Waals surface area contributed by atoms with Crippen LogP contribution in [-0.4, -0.2) is 14.5 Å². The molecular weight excluding hydrogens is 222 g/mol. The van der Waals surface area contributed by atoms with Gasteiger partial charge in [-0.2, -0.15) is 0 Å². The highest BCUT2D eigenvalue weighted by Gasteiger charge is 2.30. The third-order valence-electron chi connectivity index (χ3n) is 1.36. The summed E-state index contributed by atoms with van der Waals surface area (Å²) in [7, 11) is 0. The third kappa shape index (κ3) is 3.74. The number of aliphatic hydroxyl groups is 2. The Hall–Kier alpha value is 0.210. The van der Waals surface area contributed by atoms with Crippen LogP contribution in [0.4, 0.5) is 0 Å². The standard InChI is InChI=1S/C7H11Cl3O2/c1-2-3-4-7(9,10)5(8)6(11)12/h11-12H,2-4H2,1H3. The van der Waals surface area contributed by atoms with E-state index in [1.807, 2.05) is 6.92 Å². The van der Waals surface area contributed by atoms with Gasteiger partial charge in [0.25, 0.3) is 5.95 Å². The minimum absolute atomic E-state index is 0.320. The molecule has 0 rings (SSSR count). The molecule has 0 aromatic rings. The molecule has 0 radical (unpaired) electrons. The molecule has 0 amide bonds. The molecule has 0 saturated heterocycles. The van der Waals surface area contributed by atoms with Gasteiger partial charge in [-0.05, 0) is 6.42 Å². The van der Waals surface area contributed by atoms with Gasteiger partial charge in [-0.25, -0.2) is 0 Å². The maximum Gasteiger partial charge on any atom is 0.292 e. The van der Waals surface area contributed by atoms with Crippen LogP contribution in [-0.2, 0) is 0 Å². The Labute approximate surface area is 86.7 Å². The van der Waals surface area contributed by atoms with Crippen LogP contribution >= 0.6 is 34.8 Å². The zero-order chi connectivity index (χ0) is 9.78. The van der Waals surface area contributed by atoms with Crippen molar-refractivity contribution in [2.24, 2.45) is 0 Å². The SMILES string of the molecule is CCCCC(Cl)(Cl)C(Cl)=C(O)O. The number of rotatable bonds is 4. The first kappa shape index (κ1) is 12.2. The van der Waals surface area contributed by atoms with Gasteiger partial charge in [-0.1, -0.05) is 54.6 Å². The fourth-order valence-electron chi connectivity index (χ4n) is 0.672. The number of alkyl halides is 2. The van der Waals surface area contributed by atoms with Crippen molar-refractivity contribution in [1.29, 1.82) is 0 Å². The Morgan fingerprint density at radius 3 is 2.17 bits per heavy atom. The molecule has 0 aromatic heterocycles. The van der Waals surface area contributed by atoms with E-state index in [1.165, 1.54) is 0 Å². The number of halogens is 3. The first-order valence-corrected chi connectivity index (χ1v) is 4.71. The van der Waals surface area contributed by atoms with E-state index in [4.69, 9.17) is 45.0 Å². The van der Waals surface area contributed by atoms with Gasteiger partial charge in [0.05, 0.1) is 0 Å². The zero-order valence-electron chi connectivity index (χ0n) is 6.65. The maximum atomic E-state index is 8.59. The van der Waals surface area contributed by atoms with Crippen molar-refractivity contribution >= 4 is 34.8 Å². The molecule has 0 aromatic carbocycles. The largest absolute Gasteiger partial charge is 0.480 e. The average molecular weight is 234 g/mol. The third-order valence-corrected chi connectivity index (χ3v) is 2.80. The molecule has 72 valence electrons. The van der Waals surface area contributed by atoms with Crippen LogP contribution in [0.2, 0.25) is 0 Å². The molecule has 0 heterocycles. The Kier molecular flexibility index (Phi) is 5.14. The molecule has 0 bridgehead atoms. The van der Waals surface area contributed by atoms with E-state index < -0.39 is 10.3 Å². The Bertz CT molecular complexity index is 173. The van der Waals surface area contributed by atoms with Crippen molar-refractivity contribution in [3.8, 4) is 0 Å². The van der Waals surface area contributed by atoms with Gasteiger partial charge in [0.2, 0.25) is 0 Å². The van der Waals surface area contributed by atoms with Gasteiger partial charge < -0.3 is 10.2 Å². The van der Waals surface area contributed by atoms with Gasteiger partial charge in [-0.15, -0.1) is 0 Å². The Morgan fingerprint density at radius 1 is 1.33 bits per heavy atom. The predicted octanol–water partition coefficient (Wildman–Crippen LogP) is 3.87. The molecule has 0 unspecified atom stereocenters. The van der Waals surface area contributed by atoms with E-state index in [0.717, 1.165) is 12.8 Å². The fourth-order valence-corrected chi connectivity index (χ4v) is 1.20. The predicted molar refractivity (Wildman–Crippen MR) is 52.1 cm³/mol. The molecule has 0 aliphatic carbocycles. The van der Waals surface area contributed by atoms with Crippen LogP contribution in [0.15, 0.2) is 11.0 Å². The molecule has 0 aliphatic rings. The first-order valence-electron chi connectivity index (χ1n) is 3.57. The normalized spacial score (nSPS) is 11.3. The van der Waals surface area contributed by atoms with Crippen molar-refractivity contribution in [3.05, 3.63) is 11.0 Å². The Morgan fingerprint density at radius 2 is 1.83 bits per heavy atom. The van der Waals surface area contributed by atoms with E-state index in [2.05, 4.69) is 0 Å². The molecule has 5 heteroatoms. The van der Waals surface area contributed by atoms with Gasteiger partial charge in [0.15, 0.2) is 4.33 Å². The van der Waals surface area contributed by atoms with Crippen LogP contribution in [0.25, 0.3) is 0 Å². The fraction of sp³-hybridized carbons (Fsp3) is 0.714. The lowest BCUT2D eigenvalue weighted by Crippen LogP contribution is -2.14. The molecule has 0 fully saturated rings. The van der Waals surface area contributed by atoms with Gasteiger partial charge in [-0.3, -0.25) is 0 Å². The van der Waals surface area contributed by atoms with Crippen molar-refractivity contribution in [3.63, 3.8) is 0 Å². The summed E-state index contributed by atoms with van der Waals surface area (Å²) in [6.45, 7) is 1.97. The first-order chi connectivity index (χ1) is 5.41. The van der Waals surface area contributed by atoms with E-state index in [0.29, 0.717) is 6.42 Å². The summed E-state index contributed by atoms with van der Waals surface area (Å²) in [4.78, 5) is 0. The monoisotopic (exact) mass is 232 g/mol. The minimum atomic E-state index is -1.38. The second-order valence-corrected chi connectivity index (χ2v) is 4.31. The summed E-state index contributed by atoms with van der Waals surface area (Å²) in [6.07, 6.45) is 2.09. The van der Waals surface area contributed by atoms with Crippen LogP contribution in [0, 0.1) is 0 Å². The van der Waals surface area contributed by atoms with E-state index in [9.17, 15) is 0 Å². The minimum Gasteiger partial charge on any atom is -0.480 e. The van der Waals surface area contributed by atoms with Gasteiger partial charge in [0, 0.05) is 0 Å². The number of hydrogen-bond acceptors (Lipinski definition) is 2. The molecular formula is C7H11Cl3O2. The summed E-state index contributed by atoms with van der Waals surface area (Å²) < 4.78 is -1.38. The summed E-state index contributed by atoms with van der Waals surface area (Å²) in [5.41, 5.74) is 0. The lowest BCUT2D eigenvalue weighted by molar-refractivity contribution is 0.186. The highest BCUT2D eigenvalue weighted by molar-refractivity contribution is 6.56. The lowest BCUT2D eigenvalue weighted by atomic mass is 10.2. The molecule has 2 nitrogen and oxygen atoms in total. The quantitative estimate of drug-likeness (QED) is 0.571. The van der Waals surface area contributed by atoms with E-state index >= 15 is 0 Å². The van der Waals surface area contributed by atoms with Crippen LogP contribution in [0.1, 0.15) is 26.2 Å². The van der Waals surface area contributed by atoms with Crippen LogP contribution in [0.3, 0.4) is 0 Å². The smallest absolute Gasteiger partial charge is 0.292 e. The number of allylic oxidation sites excluding steroid dienone is 1. The number of unbranched alkanes of at least 4 members (excludes halogenated alkanes) is 1. The topological polar surface area (TPSA) is 40.5 Å². The Balaban J connectivity index is 4.29. The lowest BCUT2D eigenvalue weighted by Gasteiger charge is -2.17. The summed E-state index contributed by atoms with van der Waals surface area (Å²) in [5.74, 6) is -1.02. The molecule has 0 saturated carbocycles. The highest BCUT2D eigenvalue weighted by Crippen LogP contribution is 2.38. The molecule has 0 atom stereocenters. The molecule has 0 aliphatic heterocycles. The van der Waals surface area contributed by atoms with Gasteiger partial charge in [0.1, 0.15) is 5.03 Å². The summed E-state index contributed by atoms with van der Waals surface area (Å²) in [6, 6.07) is 0. The van der Waals surface area contributed by atoms with Crippen LogP contribution < -0.4 is 0 Å². The van der Waals surface area contributed by atoms with Crippen molar-refractivity contribution in [1.82, 2.24) is 0 Å². The molecule has 12 heavy (non-hydrogen) atoms. The second-order valence-electron chi connectivity index (χ2n) is 2.45. The molecule has 2 N–H and O–H groups in total. The average Bonchev–Trinajstić information content (AvgIpc) is 1.99. The molecule has 0 spiro atoms. The van der Waals surface area contributed by atoms with E-state index in [-0.39, 0.29) is 5.03 Å². The van der Waals surface area contributed by atoms with Crippen molar-refractivity contribution in [2.75, 3.05) is 0 Å². The second kappa shape index (κ2) is 5.05. The number of aliphatic hydroxyl groups excluding tert-OH is 1. The summed E-state index contributed by atoms with van der Waals surface area (Å²) in [5, 5.41) is 16.9. The highest BCUT2D eigenvalue weighted by atomic mass is 35.5. The number of hydrogen-bond donors (Lipinski definition) is 2. The van der Waals surface area contributed by atoms with Crippen molar-refractivity contribution < 1.29 is 10.2 Å².